The Morgan fingerprint density at radius 1 is 0.514 bits per heavy atom. The summed E-state index contributed by atoms with van der Waals surface area (Å²) in [5.41, 5.74) is 5.21. The first kappa shape index (κ1) is 20.6. The molecule has 6 rings (SSSR count). The predicted molar refractivity (Wildman–Crippen MR) is 135 cm³/mol. The molecule has 0 atom stereocenters. The minimum atomic E-state index is -0.214. The Morgan fingerprint density at radius 3 is 1.34 bits per heavy atom. The molecule has 0 radical (unpaired) electrons. The number of hydrogen-bond donors (Lipinski definition) is 2. The fraction of sp³-hybridized carbons (Fsp3) is 0. The third-order valence-corrected chi connectivity index (χ3v) is 5.68. The number of aliphatic imine (C=N–C) groups is 2. The van der Waals surface area contributed by atoms with Crippen LogP contribution in [-0.2, 0) is 9.59 Å². The van der Waals surface area contributed by atoms with Gasteiger partial charge in [0.1, 0.15) is 22.9 Å². The van der Waals surface area contributed by atoms with E-state index < -0.39 is 0 Å². The number of rotatable bonds is 4. The fourth-order valence-electron chi connectivity index (χ4n) is 4.00. The Hall–Kier alpha value is -5.04. The van der Waals surface area contributed by atoms with Crippen LogP contribution in [0.25, 0.3) is 0 Å². The summed E-state index contributed by atoms with van der Waals surface area (Å²) in [4.78, 5) is 33.5. The molecule has 4 aromatic rings. The third-order valence-electron chi connectivity index (χ3n) is 5.68. The summed E-state index contributed by atoms with van der Waals surface area (Å²) in [7, 11) is 0. The molecular weight excluding hydrogens is 440 g/mol. The number of hydrogen-bond acceptors (Lipinski definition) is 5. The molecule has 35 heavy (non-hydrogen) atoms. The maximum Gasteiger partial charge on any atom is 0.275 e. The van der Waals surface area contributed by atoms with E-state index in [1.165, 1.54) is 0 Å². The highest BCUT2D eigenvalue weighted by Gasteiger charge is 2.26. The Morgan fingerprint density at radius 2 is 0.914 bits per heavy atom. The van der Waals surface area contributed by atoms with E-state index in [0.717, 1.165) is 22.5 Å². The first-order chi connectivity index (χ1) is 17.1. The number of para-hydroxylation sites is 2. The van der Waals surface area contributed by atoms with Gasteiger partial charge in [-0.1, -0.05) is 36.4 Å². The van der Waals surface area contributed by atoms with Crippen molar-refractivity contribution >= 4 is 46.0 Å². The molecule has 0 spiro atoms. The van der Waals surface area contributed by atoms with E-state index in [1.807, 2.05) is 48.5 Å². The molecule has 0 aliphatic carbocycles. The third kappa shape index (κ3) is 3.95. The van der Waals surface area contributed by atoms with Crippen molar-refractivity contribution in [2.24, 2.45) is 9.98 Å². The topological polar surface area (TPSA) is 92.2 Å². The lowest BCUT2D eigenvalue weighted by molar-refractivity contribution is -0.110. The molecule has 4 aromatic carbocycles. The molecule has 2 heterocycles. The van der Waals surface area contributed by atoms with Gasteiger partial charge in [-0.05, 0) is 60.7 Å². The summed E-state index contributed by atoms with van der Waals surface area (Å²) in [5.74, 6) is 0.837. The molecule has 0 fully saturated rings. The van der Waals surface area contributed by atoms with Crippen LogP contribution in [0.1, 0.15) is 11.1 Å². The van der Waals surface area contributed by atoms with E-state index in [1.54, 1.807) is 48.5 Å². The number of amides is 2. The lowest BCUT2D eigenvalue weighted by Crippen LogP contribution is -2.13. The SMILES string of the molecule is O=C1Nc2ccccc2C1=Nc1ccc(Oc2ccc(N=C3C(=O)Nc4ccccc43)cc2)cc1. The van der Waals surface area contributed by atoms with Gasteiger partial charge in [0.15, 0.2) is 0 Å². The van der Waals surface area contributed by atoms with Gasteiger partial charge >= 0.3 is 0 Å². The zero-order valence-corrected chi connectivity index (χ0v) is 18.4. The van der Waals surface area contributed by atoms with Crippen LogP contribution in [0, 0.1) is 0 Å². The van der Waals surface area contributed by atoms with E-state index in [0.29, 0.717) is 34.3 Å². The summed E-state index contributed by atoms with van der Waals surface area (Å²) >= 11 is 0. The van der Waals surface area contributed by atoms with Crippen LogP contribution in [0.15, 0.2) is 107 Å². The second-order valence-electron chi connectivity index (χ2n) is 8.01. The molecule has 7 nitrogen and oxygen atoms in total. The van der Waals surface area contributed by atoms with Crippen LogP contribution in [0.4, 0.5) is 22.7 Å². The summed E-state index contributed by atoms with van der Waals surface area (Å²) in [6, 6.07) is 29.3. The van der Waals surface area contributed by atoms with E-state index >= 15 is 0 Å². The summed E-state index contributed by atoms with van der Waals surface area (Å²) in [5, 5.41) is 5.64. The van der Waals surface area contributed by atoms with Crippen molar-refractivity contribution in [1.82, 2.24) is 0 Å². The minimum Gasteiger partial charge on any atom is -0.457 e. The molecule has 0 unspecified atom stereocenters. The second kappa shape index (κ2) is 8.39. The Kier molecular flexibility index (Phi) is 4.93. The van der Waals surface area contributed by atoms with Crippen LogP contribution in [-0.4, -0.2) is 23.2 Å². The predicted octanol–water partition coefficient (Wildman–Crippen LogP) is 5.62. The molecular formula is C28H18N4O3. The summed E-state index contributed by atoms with van der Waals surface area (Å²) in [6.07, 6.45) is 0. The second-order valence-corrected chi connectivity index (χ2v) is 8.01. The van der Waals surface area contributed by atoms with Gasteiger partial charge in [-0.2, -0.15) is 0 Å². The number of carbonyl (C=O) groups excluding carboxylic acids is 2. The van der Waals surface area contributed by atoms with Crippen LogP contribution in [0.5, 0.6) is 11.5 Å². The van der Waals surface area contributed by atoms with Crippen molar-refractivity contribution in [3.05, 3.63) is 108 Å². The molecule has 0 aromatic heterocycles. The maximum atomic E-state index is 12.3. The minimum absolute atomic E-state index is 0.214. The van der Waals surface area contributed by atoms with Gasteiger partial charge in [-0.25, -0.2) is 9.98 Å². The van der Waals surface area contributed by atoms with Gasteiger partial charge in [0, 0.05) is 11.1 Å². The standard InChI is InChI=1S/C28H18N4O3/c33-27-25(21-5-1-3-7-23(21)31-27)29-17-9-13-19(14-10-17)35-20-15-11-18(12-16-20)30-26-22-6-2-4-8-24(22)32-28(26)34/h1-16H,(H,29,31,33)(H,30,32,34). The van der Waals surface area contributed by atoms with E-state index in [4.69, 9.17) is 4.74 Å². The Labute approximate surface area is 200 Å². The van der Waals surface area contributed by atoms with Crippen LogP contribution in [0.2, 0.25) is 0 Å². The van der Waals surface area contributed by atoms with E-state index in [2.05, 4.69) is 20.6 Å². The average molecular weight is 458 g/mol. The van der Waals surface area contributed by atoms with E-state index in [9.17, 15) is 9.59 Å². The highest BCUT2D eigenvalue weighted by Crippen LogP contribution is 2.30. The van der Waals surface area contributed by atoms with E-state index in [-0.39, 0.29) is 11.8 Å². The Bertz CT molecular complexity index is 1420. The molecule has 0 bridgehead atoms. The average Bonchev–Trinajstić information content (AvgIpc) is 3.37. The zero-order chi connectivity index (χ0) is 23.8. The molecule has 168 valence electrons. The number of ether oxygens (including phenoxy) is 1. The number of anilines is 2. The largest absolute Gasteiger partial charge is 0.457 e. The number of carbonyl (C=O) groups is 2. The molecule has 0 saturated carbocycles. The van der Waals surface area contributed by atoms with Gasteiger partial charge in [-0.15, -0.1) is 0 Å². The first-order valence-electron chi connectivity index (χ1n) is 11.0. The quantitative estimate of drug-likeness (QED) is 0.415. The highest BCUT2D eigenvalue weighted by molar-refractivity contribution is 6.54. The number of nitrogens with one attached hydrogen (secondary N) is 2. The van der Waals surface area contributed by atoms with Gasteiger partial charge in [0.2, 0.25) is 0 Å². The summed E-state index contributed by atoms with van der Waals surface area (Å²) < 4.78 is 5.93. The van der Waals surface area contributed by atoms with Crippen LogP contribution >= 0.6 is 0 Å². The number of nitrogens with zero attached hydrogens (tertiary/aromatic N) is 2. The lowest BCUT2D eigenvalue weighted by atomic mass is 10.1. The van der Waals surface area contributed by atoms with Gasteiger partial charge in [0.25, 0.3) is 11.8 Å². The maximum absolute atomic E-state index is 12.3. The fourth-order valence-corrected chi connectivity index (χ4v) is 4.00. The number of benzene rings is 4. The van der Waals surface area contributed by atoms with Crippen molar-refractivity contribution < 1.29 is 14.3 Å². The molecule has 7 heteroatoms. The van der Waals surface area contributed by atoms with Gasteiger partial charge < -0.3 is 15.4 Å². The van der Waals surface area contributed by atoms with Crippen LogP contribution < -0.4 is 15.4 Å². The molecule has 2 aliphatic rings. The summed E-state index contributed by atoms with van der Waals surface area (Å²) in [6.45, 7) is 0. The van der Waals surface area contributed by atoms with Gasteiger partial charge in [0.05, 0.1) is 22.7 Å². The van der Waals surface area contributed by atoms with Crippen molar-refractivity contribution in [2.75, 3.05) is 10.6 Å². The zero-order valence-electron chi connectivity index (χ0n) is 18.4. The first-order valence-corrected chi connectivity index (χ1v) is 11.0. The van der Waals surface area contributed by atoms with Crippen molar-refractivity contribution in [3.8, 4) is 11.5 Å². The monoisotopic (exact) mass is 458 g/mol. The van der Waals surface area contributed by atoms with Crippen LogP contribution in [0.3, 0.4) is 0 Å². The van der Waals surface area contributed by atoms with Gasteiger partial charge in [-0.3, -0.25) is 9.59 Å². The molecule has 2 amide bonds. The molecule has 2 aliphatic heterocycles. The van der Waals surface area contributed by atoms with Crippen molar-refractivity contribution in [2.45, 2.75) is 0 Å². The Balaban J connectivity index is 1.17. The smallest absolute Gasteiger partial charge is 0.275 e. The van der Waals surface area contributed by atoms with Crippen molar-refractivity contribution in [3.63, 3.8) is 0 Å². The van der Waals surface area contributed by atoms with Crippen molar-refractivity contribution in [1.29, 1.82) is 0 Å². The molecule has 0 saturated heterocycles. The molecule has 2 N–H and O–H groups in total. The highest BCUT2D eigenvalue weighted by atomic mass is 16.5. The number of fused-ring (bicyclic) bond motifs is 2. The lowest BCUT2D eigenvalue weighted by Gasteiger charge is -2.06. The normalized spacial score (nSPS) is 16.1.